The van der Waals surface area contributed by atoms with Crippen LogP contribution >= 0.6 is 0 Å². The Morgan fingerprint density at radius 3 is 2.84 bits per heavy atom. The van der Waals surface area contributed by atoms with E-state index in [2.05, 4.69) is 4.98 Å². The summed E-state index contributed by atoms with van der Waals surface area (Å²) in [5, 5.41) is 0. The van der Waals surface area contributed by atoms with E-state index in [1.165, 1.54) is 12.5 Å². The zero-order valence-corrected chi connectivity index (χ0v) is 13.8. The maximum Gasteiger partial charge on any atom is 0.257 e. The van der Waals surface area contributed by atoms with Crippen LogP contribution in [0.3, 0.4) is 0 Å². The third kappa shape index (κ3) is 3.31. The Hall–Kier alpha value is -2.95. The van der Waals surface area contributed by atoms with Crippen LogP contribution in [0.1, 0.15) is 34.8 Å². The van der Waals surface area contributed by atoms with Gasteiger partial charge in [-0.1, -0.05) is 30.3 Å². The molecule has 2 aromatic heterocycles. The monoisotopic (exact) mass is 333 g/mol. The number of aromatic nitrogens is 2. The molecular weight excluding hydrogens is 314 g/mol. The van der Waals surface area contributed by atoms with Gasteiger partial charge in [-0.3, -0.25) is 4.79 Å². The quantitative estimate of drug-likeness (QED) is 0.732. The summed E-state index contributed by atoms with van der Waals surface area (Å²) in [5.41, 5.74) is 2.61. The van der Waals surface area contributed by atoms with Crippen molar-refractivity contribution in [2.24, 2.45) is 0 Å². The van der Waals surface area contributed by atoms with Crippen molar-refractivity contribution < 1.29 is 9.21 Å². The average Bonchev–Trinajstić information content (AvgIpc) is 3.23. The molecule has 4 rings (SSSR count). The minimum Gasteiger partial charge on any atom is -0.472 e. The molecule has 0 spiro atoms. The highest BCUT2D eigenvalue weighted by atomic mass is 16.3. The highest BCUT2D eigenvalue weighted by Crippen LogP contribution is 2.27. The Bertz CT molecular complexity index is 846. The van der Waals surface area contributed by atoms with Gasteiger partial charge in [0.05, 0.1) is 11.8 Å². The van der Waals surface area contributed by atoms with E-state index in [1.807, 2.05) is 47.5 Å². The van der Waals surface area contributed by atoms with E-state index in [1.54, 1.807) is 6.07 Å². The molecule has 1 amide bonds. The molecule has 5 heteroatoms. The van der Waals surface area contributed by atoms with Crippen LogP contribution in [0.2, 0.25) is 0 Å². The van der Waals surface area contributed by atoms with E-state index in [0.29, 0.717) is 12.1 Å². The molecule has 1 atom stereocenters. The SMILES string of the molecule is O=C(c1ccoc1)N1CCCC(c2ccnc(-c3ccccc3)n2)C1. The molecule has 126 valence electrons. The Balaban J connectivity index is 1.55. The predicted molar refractivity (Wildman–Crippen MR) is 94.1 cm³/mol. The second-order valence-corrected chi connectivity index (χ2v) is 6.27. The van der Waals surface area contributed by atoms with Gasteiger partial charge in [-0.25, -0.2) is 9.97 Å². The first kappa shape index (κ1) is 15.6. The van der Waals surface area contributed by atoms with Gasteiger partial charge in [0, 0.05) is 36.5 Å². The molecule has 25 heavy (non-hydrogen) atoms. The molecule has 1 fully saturated rings. The van der Waals surface area contributed by atoms with Crippen LogP contribution in [0.5, 0.6) is 0 Å². The molecule has 0 N–H and O–H groups in total. The van der Waals surface area contributed by atoms with Crippen molar-refractivity contribution >= 4 is 5.91 Å². The number of rotatable bonds is 3. The van der Waals surface area contributed by atoms with Crippen LogP contribution in [0.15, 0.2) is 65.6 Å². The summed E-state index contributed by atoms with van der Waals surface area (Å²) < 4.78 is 5.03. The summed E-state index contributed by atoms with van der Waals surface area (Å²) in [7, 11) is 0. The van der Waals surface area contributed by atoms with Crippen molar-refractivity contribution in [2.75, 3.05) is 13.1 Å². The zero-order chi connectivity index (χ0) is 17.1. The Morgan fingerprint density at radius 2 is 2.04 bits per heavy atom. The second-order valence-electron chi connectivity index (χ2n) is 6.27. The average molecular weight is 333 g/mol. The number of carbonyl (C=O) groups is 1. The number of amides is 1. The number of likely N-dealkylation sites (tertiary alicyclic amines) is 1. The minimum atomic E-state index is 0.0239. The predicted octanol–water partition coefficient (Wildman–Crippen LogP) is 3.76. The number of furan rings is 1. The van der Waals surface area contributed by atoms with Crippen molar-refractivity contribution in [2.45, 2.75) is 18.8 Å². The van der Waals surface area contributed by atoms with Crippen LogP contribution in [0.4, 0.5) is 0 Å². The van der Waals surface area contributed by atoms with Gasteiger partial charge in [-0.2, -0.15) is 0 Å². The highest BCUT2D eigenvalue weighted by molar-refractivity contribution is 5.93. The number of benzene rings is 1. The van der Waals surface area contributed by atoms with Gasteiger partial charge in [0.2, 0.25) is 0 Å². The standard InChI is InChI=1S/C20H19N3O2/c24-20(17-9-12-25-14-17)23-11-4-7-16(13-23)18-8-10-21-19(22-18)15-5-2-1-3-6-15/h1-3,5-6,8-10,12,14,16H,4,7,11,13H2. The lowest BCUT2D eigenvalue weighted by molar-refractivity contribution is 0.0705. The van der Waals surface area contributed by atoms with E-state index in [-0.39, 0.29) is 11.8 Å². The van der Waals surface area contributed by atoms with E-state index in [9.17, 15) is 4.79 Å². The van der Waals surface area contributed by atoms with Gasteiger partial charge in [-0.05, 0) is 25.0 Å². The summed E-state index contributed by atoms with van der Waals surface area (Å²) >= 11 is 0. The normalized spacial score (nSPS) is 17.4. The smallest absolute Gasteiger partial charge is 0.257 e. The van der Waals surface area contributed by atoms with Gasteiger partial charge >= 0.3 is 0 Å². The summed E-state index contributed by atoms with van der Waals surface area (Å²) in [5.74, 6) is 0.988. The third-order valence-electron chi connectivity index (χ3n) is 4.60. The van der Waals surface area contributed by atoms with Gasteiger partial charge in [0.25, 0.3) is 5.91 Å². The molecule has 0 bridgehead atoms. The van der Waals surface area contributed by atoms with Crippen LogP contribution in [0, 0.1) is 0 Å². The van der Waals surface area contributed by atoms with Gasteiger partial charge in [0.15, 0.2) is 5.82 Å². The van der Waals surface area contributed by atoms with Crippen molar-refractivity contribution in [1.29, 1.82) is 0 Å². The largest absolute Gasteiger partial charge is 0.472 e. The topological polar surface area (TPSA) is 59.2 Å². The molecule has 3 aromatic rings. The van der Waals surface area contributed by atoms with E-state index in [0.717, 1.165) is 36.5 Å². The van der Waals surface area contributed by atoms with Crippen LogP contribution < -0.4 is 0 Å². The molecule has 1 aromatic carbocycles. The van der Waals surface area contributed by atoms with Crippen LogP contribution in [0.25, 0.3) is 11.4 Å². The van der Waals surface area contributed by atoms with E-state index < -0.39 is 0 Å². The Labute approximate surface area is 146 Å². The maximum atomic E-state index is 12.6. The molecule has 5 nitrogen and oxygen atoms in total. The number of hydrogen-bond donors (Lipinski definition) is 0. The fraction of sp³-hybridized carbons (Fsp3) is 0.250. The molecule has 0 aliphatic carbocycles. The third-order valence-corrected chi connectivity index (χ3v) is 4.60. The zero-order valence-electron chi connectivity index (χ0n) is 13.8. The molecule has 0 saturated carbocycles. The Kier molecular flexibility index (Phi) is 4.29. The number of carbonyl (C=O) groups excluding carboxylic acids is 1. The van der Waals surface area contributed by atoms with Crippen molar-refractivity contribution in [3.63, 3.8) is 0 Å². The summed E-state index contributed by atoms with van der Waals surface area (Å²) in [4.78, 5) is 23.6. The summed E-state index contributed by atoms with van der Waals surface area (Å²) in [6, 6.07) is 13.6. The number of nitrogens with zero attached hydrogens (tertiary/aromatic N) is 3. The van der Waals surface area contributed by atoms with Crippen molar-refractivity contribution in [3.8, 4) is 11.4 Å². The van der Waals surface area contributed by atoms with Crippen LogP contribution in [-0.2, 0) is 0 Å². The van der Waals surface area contributed by atoms with Gasteiger partial charge < -0.3 is 9.32 Å². The second kappa shape index (κ2) is 6.89. The molecule has 1 saturated heterocycles. The number of piperidine rings is 1. The fourth-order valence-corrected chi connectivity index (χ4v) is 3.30. The lowest BCUT2D eigenvalue weighted by atomic mass is 9.94. The first-order chi connectivity index (χ1) is 12.3. The molecule has 3 heterocycles. The molecule has 1 aliphatic heterocycles. The molecule has 1 aliphatic rings. The Morgan fingerprint density at radius 1 is 1.16 bits per heavy atom. The molecule has 1 unspecified atom stereocenters. The van der Waals surface area contributed by atoms with E-state index in [4.69, 9.17) is 9.40 Å². The highest BCUT2D eigenvalue weighted by Gasteiger charge is 2.27. The van der Waals surface area contributed by atoms with Gasteiger partial charge in [-0.15, -0.1) is 0 Å². The molecule has 0 radical (unpaired) electrons. The minimum absolute atomic E-state index is 0.0239. The lowest BCUT2D eigenvalue weighted by Gasteiger charge is -2.32. The van der Waals surface area contributed by atoms with Gasteiger partial charge in [0.1, 0.15) is 6.26 Å². The van der Waals surface area contributed by atoms with Crippen molar-refractivity contribution in [3.05, 3.63) is 72.4 Å². The van der Waals surface area contributed by atoms with Crippen LogP contribution in [-0.4, -0.2) is 33.9 Å². The summed E-state index contributed by atoms with van der Waals surface area (Å²) in [6.07, 6.45) is 6.84. The lowest BCUT2D eigenvalue weighted by Crippen LogP contribution is -2.39. The summed E-state index contributed by atoms with van der Waals surface area (Å²) in [6.45, 7) is 1.45. The maximum absolute atomic E-state index is 12.6. The van der Waals surface area contributed by atoms with Crippen molar-refractivity contribution in [1.82, 2.24) is 14.9 Å². The first-order valence-electron chi connectivity index (χ1n) is 8.51. The number of hydrogen-bond acceptors (Lipinski definition) is 4. The first-order valence-corrected chi connectivity index (χ1v) is 8.51. The fourth-order valence-electron chi connectivity index (χ4n) is 3.30. The van der Waals surface area contributed by atoms with E-state index >= 15 is 0 Å². The molecular formula is C20H19N3O2.